The molecule has 0 bridgehead atoms. The number of rotatable bonds is 4. The Bertz CT molecular complexity index is 1850. The first-order valence-corrected chi connectivity index (χ1v) is 15.3. The van der Waals surface area contributed by atoms with Gasteiger partial charge in [0, 0.05) is 25.9 Å². The summed E-state index contributed by atoms with van der Waals surface area (Å²) in [6.07, 6.45) is 0. The van der Waals surface area contributed by atoms with Gasteiger partial charge in [0.2, 0.25) is 0 Å². The second-order valence-corrected chi connectivity index (χ2v) is 14.2. The van der Waals surface area contributed by atoms with Gasteiger partial charge < -0.3 is 4.90 Å². The van der Waals surface area contributed by atoms with Crippen molar-refractivity contribution in [2.45, 2.75) is 52.4 Å². The topological polar surface area (TPSA) is 3.24 Å². The van der Waals surface area contributed by atoms with Crippen LogP contribution in [0, 0.1) is 5.41 Å². The summed E-state index contributed by atoms with van der Waals surface area (Å²) in [5.41, 5.74) is 4.78. The van der Waals surface area contributed by atoms with Gasteiger partial charge in [-0.05, 0) is 104 Å². The highest BCUT2D eigenvalue weighted by molar-refractivity contribution is 9.10. The fraction of sp³-hybridized carbons (Fsp3) is 0.243. The molecule has 0 fully saturated rings. The van der Waals surface area contributed by atoms with E-state index in [4.69, 9.17) is 0 Å². The average Bonchev–Trinajstić information content (AvgIpc) is 3.07. The first kappa shape index (κ1) is 23.8. The number of benzene rings is 5. The smallest absolute Gasteiger partial charge is 0.0632 e. The monoisotopic (exact) mass is 654 g/mol. The van der Waals surface area contributed by atoms with Gasteiger partial charge in [-0.3, -0.25) is 0 Å². The fourth-order valence-electron chi connectivity index (χ4n) is 6.11. The molecule has 0 aliphatic heterocycles. The molecule has 0 saturated heterocycles. The highest BCUT2D eigenvalue weighted by Crippen LogP contribution is 2.62. The van der Waals surface area contributed by atoms with Crippen molar-refractivity contribution in [2.24, 2.45) is 5.41 Å². The maximum atomic E-state index is 9.79. The number of anilines is 3. The van der Waals surface area contributed by atoms with Crippen molar-refractivity contribution >= 4 is 59.7 Å². The first-order chi connectivity index (χ1) is 20.2. The summed E-state index contributed by atoms with van der Waals surface area (Å²) in [6, 6.07) is 29.5. The van der Waals surface area contributed by atoms with Crippen LogP contribution < -0.4 is 4.90 Å². The van der Waals surface area contributed by atoms with Crippen molar-refractivity contribution in [3.05, 3.63) is 123 Å². The predicted molar refractivity (Wildman–Crippen MR) is 179 cm³/mol. The van der Waals surface area contributed by atoms with Gasteiger partial charge >= 0.3 is 0 Å². The largest absolute Gasteiger partial charge is 0.310 e. The summed E-state index contributed by atoms with van der Waals surface area (Å²) in [5, 5.41) is 2.09. The predicted octanol–water partition coefficient (Wildman–Crippen LogP) is 12.1. The second-order valence-electron chi connectivity index (χ2n) is 12.4. The van der Waals surface area contributed by atoms with Crippen LogP contribution in [0.3, 0.4) is 0 Å². The molecule has 3 heteroatoms. The summed E-state index contributed by atoms with van der Waals surface area (Å²) >= 11 is 7.18. The highest BCUT2D eigenvalue weighted by Gasteiger charge is 2.56. The molecule has 1 aliphatic carbocycles. The maximum absolute atomic E-state index is 9.79. The van der Waals surface area contributed by atoms with E-state index in [0.29, 0.717) is 11.6 Å². The number of hydrogen-bond acceptors (Lipinski definition) is 1. The van der Waals surface area contributed by atoms with Crippen molar-refractivity contribution in [1.29, 1.82) is 0 Å². The third-order valence-electron chi connectivity index (χ3n) is 9.73. The van der Waals surface area contributed by atoms with Crippen LogP contribution in [0.25, 0.3) is 21.9 Å². The summed E-state index contributed by atoms with van der Waals surface area (Å²) in [5.74, 6) is 0. The third kappa shape index (κ3) is 4.16. The van der Waals surface area contributed by atoms with E-state index in [1.807, 2.05) is 36.4 Å². The van der Waals surface area contributed by atoms with E-state index in [1.54, 1.807) is 0 Å². The molecule has 202 valence electrons. The third-order valence-corrected chi connectivity index (χ3v) is 10.8. The molecule has 1 nitrogen and oxygen atoms in total. The van der Waals surface area contributed by atoms with Crippen molar-refractivity contribution in [3.63, 3.8) is 0 Å². The summed E-state index contributed by atoms with van der Waals surface area (Å²) in [7, 11) is 0. The first-order valence-electron chi connectivity index (χ1n) is 15.2. The van der Waals surface area contributed by atoms with Gasteiger partial charge in [-0.2, -0.15) is 0 Å². The molecule has 0 heterocycles. The molecule has 1 aliphatic rings. The Morgan fingerprint density at radius 2 is 1.12 bits per heavy atom. The Morgan fingerprint density at radius 3 is 1.68 bits per heavy atom. The van der Waals surface area contributed by atoms with Gasteiger partial charge in [-0.15, -0.1) is 0 Å². The molecule has 6 rings (SSSR count). The van der Waals surface area contributed by atoms with Gasteiger partial charge in [0.15, 0.2) is 0 Å². The zero-order valence-electron chi connectivity index (χ0n) is 26.8. The highest BCUT2D eigenvalue weighted by atomic mass is 79.9. The molecular formula is C37H35Br2N. The van der Waals surface area contributed by atoms with Crippen molar-refractivity contribution in [1.82, 2.24) is 0 Å². The van der Waals surface area contributed by atoms with Crippen LogP contribution in [-0.4, -0.2) is 0 Å². The lowest BCUT2D eigenvalue weighted by Gasteiger charge is -2.44. The van der Waals surface area contributed by atoms with Crippen LogP contribution in [0.2, 0.25) is 0 Å². The van der Waals surface area contributed by atoms with Crippen LogP contribution in [0.15, 0.2) is 112 Å². The SMILES string of the molecule is [2H]c1c([2H])c2c(c([2H])c1-c1cc3ccccc3cc1N(c1ccc(Br)cc1)c1ccc(Br)cc1)C(C)(C)C(C)(C)C2(C)C. The second kappa shape index (κ2) is 9.60. The van der Waals surface area contributed by atoms with Crippen LogP contribution in [0.1, 0.15) is 56.8 Å². The molecule has 5 aromatic rings. The van der Waals surface area contributed by atoms with Crippen molar-refractivity contribution in [3.8, 4) is 11.1 Å². The van der Waals surface area contributed by atoms with Crippen molar-refractivity contribution in [2.75, 3.05) is 4.90 Å². The molecule has 0 aromatic heterocycles. The lowest BCUT2D eigenvalue weighted by molar-refractivity contribution is 0.125. The number of nitrogens with zero attached hydrogens (tertiary/aromatic N) is 1. The normalized spacial score (nSPS) is 17.6. The minimum Gasteiger partial charge on any atom is -0.310 e. The molecule has 0 saturated carbocycles. The summed E-state index contributed by atoms with van der Waals surface area (Å²) < 4.78 is 30.6. The fourth-order valence-corrected chi connectivity index (χ4v) is 6.63. The standard InChI is InChI=1S/C37H35Br2N/c1-35(2)32-20-11-26(22-33(32)36(3,4)37(35,5)6)31-21-24-9-7-8-10-25(24)23-34(31)40(29-16-12-27(38)13-17-29)30-18-14-28(39)15-19-30/h7-23H,1-6H3/i11D,20D,22D. The van der Waals surface area contributed by atoms with E-state index >= 15 is 0 Å². The Balaban J connectivity index is 1.74. The number of fused-ring (bicyclic) bond motifs is 2. The zero-order chi connectivity index (χ0) is 31.1. The average molecular weight is 657 g/mol. The van der Waals surface area contributed by atoms with Crippen molar-refractivity contribution < 1.29 is 4.11 Å². The molecule has 0 radical (unpaired) electrons. The molecule has 0 unspecified atom stereocenters. The van der Waals surface area contributed by atoms with Crippen LogP contribution in [-0.2, 0) is 10.8 Å². The van der Waals surface area contributed by atoms with E-state index < -0.39 is 0 Å². The lowest BCUT2D eigenvalue weighted by atomic mass is 9.59. The Morgan fingerprint density at radius 1 is 0.625 bits per heavy atom. The summed E-state index contributed by atoms with van der Waals surface area (Å²) in [6.45, 7) is 13.2. The molecular weight excluding hydrogens is 618 g/mol. The zero-order valence-corrected chi connectivity index (χ0v) is 27.0. The van der Waals surface area contributed by atoms with E-state index in [-0.39, 0.29) is 28.3 Å². The number of hydrogen-bond donors (Lipinski definition) is 0. The molecule has 0 amide bonds. The number of halogens is 2. The molecule has 5 aromatic carbocycles. The van der Waals surface area contributed by atoms with E-state index in [0.717, 1.165) is 53.5 Å². The molecule has 40 heavy (non-hydrogen) atoms. The minimum atomic E-state index is -0.380. The van der Waals surface area contributed by atoms with Crippen LogP contribution in [0.4, 0.5) is 17.1 Å². The van der Waals surface area contributed by atoms with Gasteiger partial charge in [0.25, 0.3) is 0 Å². The Kier molecular flexibility index (Phi) is 5.71. The quantitative estimate of drug-likeness (QED) is 0.186. The molecule has 0 atom stereocenters. The Labute approximate surface area is 259 Å². The van der Waals surface area contributed by atoms with Gasteiger partial charge in [-0.1, -0.05) is 116 Å². The summed E-state index contributed by atoms with van der Waals surface area (Å²) in [4.78, 5) is 2.19. The molecule has 0 N–H and O–H groups in total. The van der Waals surface area contributed by atoms with Crippen LogP contribution in [0.5, 0.6) is 0 Å². The van der Waals surface area contributed by atoms with E-state index in [9.17, 15) is 4.11 Å². The minimum absolute atomic E-state index is 0.105. The molecule has 0 spiro atoms. The van der Waals surface area contributed by atoms with Gasteiger partial charge in [0.1, 0.15) is 0 Å². The lowest BCUT2D eigenvalue weighted by Crippen LogP contribution is -2.42. The maximum Gasteiger partial charge on any atom is 0.0632 e. The van der Waals surface area contributed by atoms with E-state index in [2.05, 4.69) is 127 Å². The van der Waals surface area contributed by atoms with E-state index in [1.165, 1.54) is 0 Å². The van der Waals surface area contributed by atoms with Gasteiger partial charge in [0.05, 0.1) is 9.80 Å². The Hall–Kier alpha value is -2.88. The van der Waals surface area contributed by atoms with Gasteiger partial charge in [-0.25, -0.2) is 0 Å². The van der Waals surface area contributed by atoms with Crippen LogP contribution >= 0.6 is 31.9 Å².